The highest BCUT2D eigenvalue weighted by molar-refractivity contribution is 9.11. The van der Waals surface area contributed by atoms with Gasteiger partial charge >= 0.3 is 0 Å². The molecule has 0 aliphatic heterocycles. The summed E-state index contributed by atoms with van der Waals surface area (Å²) < 4.78 is 1.80. The second-order valence-electron chi connectivity index (χ2n) is 4.73. The Balaban J connectivity index is 1.87. The summed E-state index contributed by atoms with van der Waals surface area (Å²) in [4.78, 5) is 12.0. The molecule has 0 fully saturated rings. The average molecular weight is 412 g/mol. The molecule has 0 heterocycles. The Bertz CT molecular complexity index is 617. The van der Waals surface area contributed by atoms with Gasteiger partial charge in [0.25, 0.3) is 0 Å². The predicted octanol–water partition coefficient (Wildman–Crippen LogP) is 4.63. The van der Waals surface area contributed by atoms with Crippen LogP contribution in [0.15, 0.2) is 57.5 Å². The van der Waals surface area contributed by atoms with E-state index in [1.807, 2.05) is 48.5 Å². The van der Waals surface area contributed by atoms with E-state index in [0.29, 0.717) is 12.8 Å². The van der Waals surface area contributed by atoms with Crippen LogP contribution >= 0.6 is 31.9 Å². The molecule has 0 aliphatic rings. The number of carbonyl (C=O) groups is 1. The Morgan fingerprint density at radius 3 is 2.52 bits per heavy atom. The van der Waals surface area contributed by atoms with Crippen molar-refractivity contribution in [3.8, 4) is 0 Å². The van der Waals surface area contributed by atoms with Crippen LogP contribution in [0.4, 0.5) is 5.69 Å². The van der Waals surface area contributed by atoms with Crippen molar-refractivity contribution in [2.24, 2.45) is 5.73 Å². The van der Waals surface area contributed by atoms with E-state index in [4.69, 9.17) is 5.73 Å². The molecule has 21 heavy (non-hydrogen) atoms. The first kappa shape index (κ1) is 16.2. The molecule has 0 bridgehead atoms. The number of hydrogen-bond acceptors (Lipinski definition) is 2. The van der Waals surface area contributed by atoms with Gasteiger partial charge in [0, 0.05) is 21.4 Å². The SMILES string of the molecule is NC(CCC(=O)Nc1ccc(Br)cc1Br)c1ccccc1. The van der Waals surface area contributed by atoms with Crippen LogP contribution in [0.2, 0.25) is 0 Å². The standard InChI is InChI=1S/C16H16Br2N2O/c17-12-6-8-15(13(18)10-12)20-16(21)9-7-14(19)11-4-2-1-3-5-11/h1-6,8,10,14H,7,9,19H2,(H,20,21). The molecule has 3 N–H and O–H groups in total. The molecule has 0 spiro atoms. The highest BCUT2D eigenvalue weighted by Gasteiger charge is 2.10. The fourth-order valence-electron chi connectivity index (χ4n) is 1.96. The van der Waals surface area contributed by atoms with E-state index in [1.54, 1.807) is 0 Å². The molecule has 0 saturated carbocycles. The minimum absolute atomic E-state index is 0.0376. The van der Waals surface area contributed by atoms with Gasteiger partial charge in [-0.25, -0.2) is 0 Å². The van der Waals surface area contributed by atoms with Crippen LogP contribution in [0.3, 0.4) is 0 Å². The highest BCUT2D eigenvalue weighted by Crippen LogP contribution is 2.26. The lowest BCUT2D eigenvalue weighted by Gasteiger charge is -2.12. The van der Waals surface area contributed by atoms with Gasteiger partial charge in [-0.1, -0.05) is 46.3 Å². The summed E-state index contributed by atoms with van der Waals surface area (Å²) in [5, 5.41) is 2.88. The number of amides is 1. The number of carbonyl (C=O) groups excluding carboxylic acids is 1. The molecule has 5 heteroatoms. The van der Waals surface area contributed by atoms with E-state index in [0.717, 1.165) is 20.2 Å². The smallest absolute Gasteiger partial charge is 0.224 e. The summed E-state index contributed by atoms with van der Waals surface area (Å²) in [6.45, 7) is 0. The van der Waals surface area contributed by atoms with E-state index in [-0.39, 0.29) is 11.9 Å². The molecule has 1 atom stereocenters. The van der Waals surface area contributed by atoms with Crippen LogP contribution in [-0.2, 0) is 4.79 Å². The first-order valence-corrected chi connectivity index (χ1v) is 8.20. The van der Waals surface area contributed by atoms with Crippen LogP contribution in [0.5, 0.6) is 0 Å². The fraction of sp³-hybridized carbons (Fsp3) is 0.188. The summed E-state index contributed by atoms with van der Waals surface area (Å²) in [5.74, 6) is -0.0376. The number of rotatable bonds is 5. The third-order valence-corrected chi connectivity index (χ3v) is 4.26. The van der Waals surface area contributed by atoms with E-state index in [9.17, 15) is 4.79 Å². The number of anilines is 1. The fourth-order valence-corrected chi connectivity index (χ4v) is 3.10. The third kappa shape index (κ3) is 4.95. The van der Waals surface area contributed by atoms with Crippen molar-refractivity contribution in [2.45, 2.75) is 18.9 Å². The molecular formula is C16H16Br2N2O. The summed E-state index contributed by atoms with van der Waals surface area (Å²) in [6, 6.07) is 15.3. The Kier molecular flexibility index (Phi) is 5.96. The van der Waals surface area contributed by atoms with Crippen molar-refractivity contribution in [1.82, 2.24) is 0 Å². The molecule has 1 amide bonds. The minimum Gasteiger partial charge on any atom is -0.325 e. The second kappa shape index (κ2) is 7.73. The molecule has 3 nitrogen and oxygen atoms in total. The van der Waals surface area contributed by atoms with Gasteiger partial charge in [-0.15, -0.1) is 0 Å². The van der Waals surface area contributed by atoms with Crippen LogP contribution in [0.1, 0.15) is 24.4 Å². The van der Waals surface area contributed by atoms with Crippen molar-refractivity contribution >= 4 is 43.5 Å². The number of halogens is 2. The first-order chi connectivity index (χ1) is 10.1. The van der Waals surface area contributed by atoms with Crippen molar-refractivity contribution in [3.05, 3.63) is 63.0 Å². The number of hydrogen-bond donors (Lipinski definition) is 2. The van der Waals surface area contributed by atoms with E-state index in [2.05, 4.69) is 37.2 Å². The largest absolute Gasteiger partial charge is 0.325 e. The normalized spacial score (nSPS) is 12.0. The molecule has 0 radical (unpaired) electrons. The van der Waals surface area contributed by atoms with Gasteiger partial charge in [0.15, 0.2) is 0 Å². The molecule has 2 aromatic rings. The highest BCUT2D eigenvalue weighted by atomic mass is 79.9. The van der Waals surface area contributed by atoms with Gasteiger partial charge in [0.05, 0.1) is 5.69 Å². The quantitative estimate of drug-likeness (QED) is 0.753. The summed E-state index contributed by atoms with van der Waals surface area (Å²) in [7, 11) is 0. The average Bonchev–Trinajstić information content (AvgIpc) is 2.48. The third-order valence-electron chi connectivity index (χ3n) is 3.12. The Labute approximate surface area is 141 Å². The maximum Gasteiger partial charge on any atom is 0.224 e. The van der Waals surface area contributed by atoms with E-state index >= 15 is 0 Å². The van der Waals surface area contributed by atoms with Gasteiger partial charge in [0.2, 0.25) is 5.91 Å². The van der Waals surface area contributed by atoms with Crippen LogP contribution in [0, 0.1) is 0 Å². The molecule has 110 valence electrons. The lowest BCUT2D eigenvalue weighted by Crippen LogP contribution is -2.16. The summed E-state index contributed by atoms with van der Waals surface area (Å²) in [5.41, 5.74) is 7.90. The maximum atomic E-state index is 12.0. The Morgan fingerprint density at radius 2 is 1.86 bits per heavy atom. The van der Waals surface area contributed by atoms with E-state index < -0.39 is 0 Å². The number of nitrogens with two attached hydrogens (primary N) is 1. The second-order valence-corrected chi connectivity index (χ2v) is 6.50. The van der Waals surface area contributed by atoms with Crippen LogP contribution < -0.4 is 11.1 Å². The monoisotopic (exact) mass is 410 g/mol. The molecule has 2 aromatic carbocycles. The van der Waals surface area contributed by atoms with Gasteiger partial charge in [-0.3, -0.25) is 4.79 Å². The molecule has 2 rings (SSSR count). The number of nitrogens with one attached hydrogen (secondary N) is 1. The van der Waals surface area contributed by atoms with Crippen molar-refractivity contribution in [3.63, 3.8) is 0 Å². The first-order valence-electron chi connectivity index (χ1n) is 6.61. The van der Waals surface area contributed by atoms with Crippen LogP contribution in [0.25, 0.3) is 0 Å². The lowest BCUT2D eigenvalue weighted by atomic mass is 10.0. The molecular weight excluding hydrogens is 396 g/mol. The lowest BCUT2D eigenvalue weighted by molar-refractivity contribution is -0.116. The topological polar surface area (TPSA) is 55.1 Å². The molecule has 0 aromatic heterocycles. The van der Waals surface area contributed by atoms with Gasteiger partial charge in [-0.2, -0.15) is 0 Å². The predicted molar refractivity (Wildman–Crippen MR) is 93.1 cm³/mol. The Hall–Kier alpha value is -1.17. The maximum absolute atomic E-state index is 12.0. The van der Waals surface area contributed by atoms with Crippen molar-refractivity contribution in [2.75, 3.05) is 5.32 Å². The molecule has 0 saturated heterocycles. The zero-order chi connectivity index (χ0) is 15.2. The summed E-state index contributed by atoms with van der Waals surface area (Å²) >= 11 is 6.80. The van der Waals surface area contributed by atoms with Crippen molar-refractivity contribution in [1.29, 1.82) is 0 Å². The van der Waals surface area contributed by atoms with Crippen LogP contribution in [-0.4, -0.2) is 5.91 Å². The summed E-state index contributed by atoms with van der Waals surface area (Å²) in [6.07, 6.45) is 1.00. The molecule has 1 unspecified atom stereocenters. The van der Waals surface area contributed by atoms with Gasteiger partial charge in [-0.05, 0) is 46.1 Å². The Morgan fingerprint density at radius 1 is 1.14 bits per heavy atom. The zero-order valence-corrected chi connectivity index (χ0v) is 14.5. The molecule has 0 aliphatic carbocycles. The van der Waals surface area contributed by atoms with Gasteiger partial charge < -0.3 is 11.1 Å². The van der Waals surface area contributed by atoms with Crippen molar-refractivity contribution < 1.29 is 4.79 Å². The van der Waals surface area contributed by atoms with E-state index in [1.165, 1.54) is 0 Å². The minimum atomic E-state index is -0.120. The number of benzene rings is 2. The zero-order valence-electron chi connectivity index (χ0n) is 11.4. The van der Waals surface area contributed by atoms with Gasteiger partial charge in [0.1, 0.15) is 0 Å².